The molecule has 1 fully saturated rings. The van der Waals surface area contributed by atoms with E-state index in [0.717, 1.165) is 0 Å². The Balaban J connectivity index is 2.64. The predicted molar refractivity (Wildman–Crippen MR) is 26.3 cm³/mol. The fraction of sp³-hybridized carbons (Fsp3) is 0.500. The van der Waals surface area contributed by atoms with Crippen molar-refractivity contribution in [3.8, 4) is 0 Å². The van der Waals surface area contributed by atoms with Crippen LogP contribution in [0, 0.1) is 4.91 Å². The summed E-state index contributed by atoms with van der Waals surface area (Å²) in [5.41, 5.74) is 0. The maximum absolute atomic E-state index is 10.4. The van der Waals surface area contributed by atoms with Crippen molar-refractivity contribution < 1.29 is 14.3 Å². The predicted octanol–water partition coefficient (Wildman–Crippen LogP) is -1.23. The Bertz CT molecular complexity index is 186. The molecule has 0 aliphatic carbocycles. The van der Waals surface area contributed by atoms with Crippen LogP contribution in [0.4, 0.5) is 0 Å². The fourth-order valence-electron chi connectivity index (χ4n) is 0.536. The number of nitroso groups, excluding NO2 is 1. The fourth-order valence-corrected chi connectivity index (χ4v) is 0.536. The van der Waals surface area contributed by atoms with Crippen LogP contribution in [0.15, 0.2) is 0 Å². The second-order valence-corrected chi connectivity index (χ2v) is 1.71. The molecular formula is C4H5N2O3+. The highest BCUT2D eigenvalue weighted by Crippen LogP contribution is 1.90. The normalized spacial score (nSPS) is 19.8. The van der Waals surface area contributed by atoms with E-state index in [-0.39, 0.29) is 23.8 Å². The van der Waals surface area contributed by atoms with Crippen LogP contribution in [0.3, 0.4) is 0 Å². The van der Waals surface area contributed by atoms with E-state index in [0.29, 0.717) is 0 Å². The first-order valence-corrected chi connectivity index (χ1v) is 2.44. The third-order valence-electron chi connectivity index (χ3n) is 1.01. The summed E-state index contributed by atoms with van der Waals surface area (Å²) in [7, 11) is 0. The van der Waals surface area contributed by atoms with Crippen molar-refractivity contribution in [3.63, 3.8) is 0 Å². The molecule has 1 N–H and O–H groups in total. The Morgan fingerprint density at radius 2 is 2.11 bits per heavy atom. The Kier molecular flexibility index (Phi) is 1.26. The first-order chi connectivity index (χ1) is 4.20. The molecule has 1 saturated heterocycles. The van der Waals surface area contributed by atoms with E-state index in [9.17, 15) is 14.5 Å². The number of hydrogen-bond donors (Lipinski definition) is 1. The van der Waals surface area contributed by atoms with E-state index in [2.05, 4.69) is 5.32 Å². The first-order valence-electron chi connectivity index (χ1n) is 2.44. The molecule has 0 atom stereocenters. The van der Waals surface area contributed by atoms with Gasteiger partial charge in [-0.3, -0.25) is 10.1 Å². The van der Waals surface area contributed by atoms with Gasteiger partial charge in [0.05, 0.1) is 4.76 Å². The van der Waals surface area contributed by atoms with Crippen LogP contribution in [0.1, 0.15) is 6.42 Å². The van der Waals surface area contributed by atoms with E-state index >= 15 is 0 Å². The molecule has 0 bridgehead atoms. The van der Waals surface area contributed by atoms with Gasteiger partial charge in [-0.2, -0.15) is 0 Å². The summed E-state index contributed by atoms with van der Waals surface area (Å²) in [6.07, 6.45) is -0.316. The summed E-state index contributed by atoms with van der Waals surface area (Å²) in [4.78, 5) is 31.0. The van der Waals surface area contributed by atoms with Gasteiger partial charge in [0.2, 0.25) is 5.91 Å². The summed E-state index contributed by atoms with van der Waals surface area (Å²) in [6, 6.07) is 0. The third kappa shape index (κ3) is 1.10. The smallest absolute Gasteiger partial charge is 0.296 e. The lowest BCUT2D eigenvalue weighted by molar-refractivity contribution is -0.476. The summed E-state index contributed by atoms with van der Waals surface area (Å²) in [5.74, 6) is -1.05. The quantitative estimate of drug-likeness (QED) is 0.329. The number of nitrogens with zero attached hydrogens (tertiary/aromatic N) is 1. The highest BCUT2D eigenvalue weighted by atomic mass is 16.3. The van der Waals surface area contributed by atoms with E-state index in [4.69, 9.17) is 0 Å². The molecule has 0 aromatic heterocycles. The molecule has 48 valence electrons. The molecular weight excluding hydrogens is 124 g/mol. The van der Waals surface area contributed by atoms with Gasteiger partial charge in [-0.15, -0.1) is 0 Å². The zero-order chi connectivity index (χ0) is 6.85. The van der Waals surface area contributed by atoms with Crippen LogP contribution in [-0.4, -0.2) is 23.2 Å². The van der Waals surface area contributed by atoms with Crippen molar-refractivity contribution in [2.45, 2.75) is 6.42 Å². The number of carbonyl (C=O) groups is 2. The van der Waals surface area contributed by atoms with Crippen molar-refractivity contribution >= 4 is 11.8 Å². The molecule has 9 heavy (non-hydrogen) atoms. The number of amides is 2. The van der Waals surface area contributed by atoms with Gasteiger partial charge in [-0.05, 0) is 0 Å². The largest absolute Gasteiger partial charge is 0.444 e. The average molecular weight is 129 g/mol. The summed E-state index contributed by atoms with van der Waals surface area (Å²) < 4.78 is 0.224. The molecule has 0 aromatic carbocycles. The van der Waals surface area contributed by atoms with Gasteiger partial charge < -0.3 is 0 Å². The number of hydrogen-bond acceptors (Lipinski definition) is 3. The zero-order valence-electron chi connectivity index (χ0n) is 4.59. The number of nitrogens with one attached hydrogen (secondary N) is 1. The molecule has 0 spiro atoms. The van der Waals surface area contributed by atoms with Gasteiger partial charge in [-0.25, -0.2) is 4.79 Å². The molecule has 0 saturated carbocycles. The molecule has 0 aromatic rings. The SMILES string of the molecule is O=C1CC(=O)[N+](=O)CN1. The Labute approximate surface area is 50.6 Å². The number of rotatable bonds is 0. The van der Waals surface area contributed by atoms with Crippen LogP contribution in [0.25, 0.3) is 0 Å². The molecule has 1 aliphatic heterocycles. The topological polar surface area (TPSA) is 66.2 Å². The molecule has 2 amide bonds. The van der Waals surface area contributed by atoms with Gasteiger partial charge in [0.15, 0.2) is 6.42 Å². The molecule has 1 heterocycles. The minimum atomic E-state index is -0.668. The van der Waals surface area contributed by atoms with Gasteiger partial charge >= 0.3 is 5.91 Å². The summed E-state index contributed by atoms with van der Waals surface area (Å²) in [5, 5.41) is 2.22. The second-order valence-electron chi connectivity index (χ2n) is 1.71. The third-order valence-corrected chi connectivity index (χ3v) is 1.01. The maximum Gasteiger partial charge on any atom is 0.444 e. The van der Waals surface area contributed by atoms with Crippen LogP contribution in [0.2, 0.25) is 0 Å². The Morgan fingerprint density at radius 1 is 1.44 bits per heavy atom. The minimum absolute atomic E-state index is 0.211. The molecule has 5 nitrogen and oxygen atoms in total. The number of carbonyl (C=O) groups excluding carboxylic acids is 2. The first kappa shape index (κ1) is 5.87. The minimum Gasteiger partial charge on any atom is -0.296 e. The average Bonchev–Trinajstić information content (AvgIpc) is 1.80. The van der Waals surface area contributed by atoms with Crippen molar-refractivity contribution in [1.29, 1.82) is 0 Å². The van der Waals surface area contributed by atoms with Crippen molar-refractivity contribution in [3.05, 3.63) is 4.91 Å². The maximum atomic E-state index is 10.4. The van der Waals surface area contributed by atoms with Gasteiger partial charge in [0.1, 0.15) is 0 Å². The van der Waals surface area contributed by atoms with Gasteiger partial charge in [-0.1, -0.05) is 0 Å². The molecule has 0 unspecified atom stereocenters. The lowest BCUT2D eigenvalue weighted by Crippen LogP contribution is -2.42. The second kappa shape index (κ2) is 1.93. The Morgan fingerprint density at radius 3 is 2.56 bits per heavy atom. The molecule has 0 radical (unpaired) electrons. The Hall–Kier alpha value is -1.26. The lowest BCUT2D eigenvalue weighted by atomic mass is 10.3. The highest BCUT2D eigenvalue weighted by Gasteiger charge is 2.30. The van der Waals surface area contributed by atoms with Gasteiger partial charge in [0.25, 0.3) is 6.67 Å². The summed E-state index contributed by atoms with van der Waals surface area (Å²) in [6.45, 7) is -0.211. The van der Waals surface area contributed by atoms with E-state index < -0.39 is 5.91 Å². The zero-order valence-corrected chi connectivity index (χ0v) is 4.59. The molecule has 1 rings (SSSR count). The van der Waals surface area contributed by atoms with Crippen molar-refractivity contribution in [2.75, 3.05) is 6.67 Å². The van der Waals surface area contributed by atoms with E-state index in [1.807, 2.05) is 0 Å². The molecule has 5 heteroatoms. The van der Waals surface area contributed by atoms with Crippen LogP contribution >= 0.6 is 0 Å². The monoisotopic (exact) mass is 129 g/mol. The highest BCUT2D eigenvalue weighted by molar-refractivity contribution is 5.94. The summed E-state index contributed by atoms with van der Waals surface area (Å²) >= 11 is 0. The van der Waals surface area contributed by atoms with Crippen molar-refractivity contribution in [1.82, 2.24) is 5.32 Å². The lowest BCUT2D eigenvalue weighted by Gasteiger charge is -2.00. The van der Waals surface area contributed by atoms with Crippen LogP contribution in [0.5, 0.6) is 0 Å². The standard InChI is InChI=1S/C4H4N2O3/c7-3-1-4(8)6(9)2-5-3/h1-2H2/p+1. The van der Waals surface area contributed by atoms with E-state index in [1.54, 1.807) is 0 Å². The van der Waals surface area contributed by atoms with Gasteiger partial charge in [0, 0.05) is 4.91 Å². The van der Waals surface area contributed by atoms with E-state index in [1.165, 1.54) is 0 Å². The molecule has 1 aliphatic rings. The van der Waals surface area contributed by atoms with Crippen LogP contribution < -0.4 is 5.32 Å². The van der Waals surface area contributed by atoms with Crippen LogP contribution in [-0.2, 0) is 9.59 Å². The van der Waals surface area contributed by atoms with Crippen molar-refractivity contribution in [2.24, 2.45) is 0 Å².